The minimum Gasteiger partial charge on any atom is -0.618 e. The number of benzene rings is 6. The summed E-state index contributed by atoms with van der Waals surface area (Å²) < 4.78 is 16.8. The number of allylic oxidation sites excluding steroid dienone is 1. The van der Waals surface area contributed by atoms with Gasteiger partial charge in [-0.15, -0.1) is 21.7 Å². The zero-order chi connectivity index (χ0) is 82.4. The summed E-state index contributed by atoms with van der Waals surface area (Å²) in [5.41, 5.74) is 19.2. The molecule has 4 aliphatic rings. The number of hydrogen-bond donors (Lipinski definition) is 4. The number of terminal acetylenes is 1. The number of carbonyl (C=O) groups excluding carboxylic acids is 2. The van der Waals surface area contributed by atoms with E-state index in [1.54, 1.807) is 66.0 Å². The Morgan fingerprint density at radius 1 is 0.513 bits per heavy atom. The van der Waals surface area contributed by atoms with Crippen molar-refractivity contribution in [3.8, 4) is 85.3 Å². The van der Waals surface area contributed by atoms with Gasteiger partial charge in [0.25, 0.3) is 0 Å². The highest BCUT2D eigenvalue weighted by Gasteiger charge is 2.38. The van der Waals surface area contributed by atoms with Crippen LogP contribution < -0.4 is 24.8 Å². The summed E-state index contributed by atoms with van der Waals surface area (Å²) in [5.74, 6) is 5.43. The second kappa shape index (κ2) is 34.9. The zero-order valence-electron chi connectivity index (χ0n) is 64.8. The summed E-state index contributed by atoms with van der Waals surface area (Å²) >= 11 is 18.9. The van der Waals surface area contributed by atoms with E-state index in [4.69, 9.17) is 56.2 Å². The highest BCUT2D eigenvalue weighted by atomic mass is 35.5. The van der Waals surface area contributed by atoms with Gasteiger partial charge in [-0.05, 0) is 214 Å². The molecular formula is C87H77Cl3N22O7. The first-order valence-corrected chi connectivity index (χ1v) is 39.6. The fourth-order valence-corrected chi connectivity index (χ4v) is 15.5. The number of H-pyrrole nitrogens is 2. The lowest BCUT2D eigenvalue weighted by Crippen LogP contribution is -2.35. The number of aromatic nitrogens is 19. The minimum atomic E-state index is -0.525. The van der Waals surface area contributed by atoms with Gasteiger partial charge in [0.1, 0.15) is 42.5 Å². The number of nitrogens with zero attached hydrogens (tertiary/aromatic N) is 18. The number of aliphatic imine (C=N–C) groups is 1. The molecule has 1 aliphatic heterocycles. The molecule has 3 unspecified atom stereocenters. The first-order valence-electron chi connectivity index (χ1n) is 38.5. The highest BCUT2D eigenvalue weighted by molar-refractivity contribution is 6.31. The first kappa shape index (κ1) is 79.0. The Labute approximate surface area is 697 Å². The number of tetrazole rings is 3. The number of aryl methyl sites for hydroxylation is 2. The summed E-state index contributed by atoms with van der Waals surface area (Å²) in [7, 11) is 2.65. The number of amides is 2. The molecule has 29 nitrogen and oxygen atoms in total. The predicted octanol–water partition coefficient (Wildman–Crippen LogP) is 16.2. The van der Waals surface area contributed by atoms with E-state index >= 15 is 0 Å². The van der Waals surface area contributed by atoms with Crippen LogP contribution in [0, 0.1) is 59.6 Å². The number of methoxy groups -OCH3 is 2. The van der Waals surface area contributed by atoms with Crippen molar-refractivity contribution in [3.05, 3.63) is 289 Å². The highest BCUT2D eigenvalue weighted by Crippen LogP contribution is 2.45. The molecule has 119 heavy (non-hydrogen) atoms. The van der Waals surface area contributed by atoms with Crippen LogP contribution in [0.15, 0.2) is 213 Å². The zero-order valence-corrected chi connectivity index (χ0v) is 67.1. The van der Waals surface area contributed by atoms with Gasteiger partial charge in [0.05, 0.1) is 61.0 Å². The number of halogens is 3. The molecule has 3 aliphatic carbocycles. The third-order valence-corrected chi connectivity index (χ3v) is 22.3. The van der Waals surface area contributed by atoms with Crippen LogP contribution in [0.1, 0.15) is 133 Å². The summed E-state index contributed by atoms with van der Waals surface area (Å²) in [4.78, 5) is 44.3. The molecule has 3 saturated carbocycles. The molecule has 3 fully saturated rings. The van der Waals surface area contributed by atoms with Crippen molar-refractivity contribution in [2.75, 3.05) is 24.9 Å². The van der Waals surface area contributed by atoms with Crippen LogP contribution in [0.25, 0.3) is 78.5 Å². The molecule has 4 N–H and O–H groups in total. The van der Waals surface area contributed by atoms with Gasteiger partial charge >= 0.3 is 12.2 Å². The molecule has 0 bridgehead atoms. The second-order valence-corrected chi connectivity index (χ2v) is 31.1. The Morgan fingerprint density at radius 2 is 0.916 bits per heavy atom. The average Bonchev–Trinajstić information content (AvgIpc) is 1.78. The van der Waals surface area contributed by atoms with Gasteiger partial charge in [0, 0.05) is 113 Å². The Morgan fingerprint density at radius 3 is 1.28 bits per heavy atom. The van der Waals surface area contributed by atoms with Crippen LogP contribution >= 0.6 is 34.8 Å². The number of pyridine rings is 3. The monoisotopic (exact) mass is 1650 g/mol. The lowest BCUT2D eigenvalue weighted by atomic mass is 9.88. The van der Waals surface area contributed by atoms with Crippen LogP contribution in [0.5, 0.6) is 0 Å². The standard InChI is InChI=1S/2C29H27ClN8O3.C29H23ClN6O/c2*1-17-11-21(33-29(39)41-2)7-8-22(17)25-14-31-28(34-25)24(12-18-3-4-18)27-9-5-19(15-38(27)40)23-13-20(30)6-10-26(23)37-16-32-35-36-37;1-2-19-4-3-5-21(12-19)23-14-27(31-16-23)26(13-20-6-7-20)29-10-8-22(17-36(29)37)25-15-24(30)9-11-28(25)35-18-32-33-34-35/h2*5-11,13-16,18,24H,3-4,12H2,1-2H3,(H,31,34)(H,33,39);1,3-5,8-12,15-18,20,26H,6-7,13-14H2. The van der Waals surface area contributed by atoms with Gasteiger partial charge in [0.2, 0.25) is 17.1 Å². The van der Waals surface area contributed by atoms with Crippen LogP contribution in [0.2, 0.25) is 15.1 Å². The number of hydrogen-bond acceptors (Lipinski definition) is 19. The molecule has 0 saturated heterocycles. The Bertz CT molecular complexity index is 5940. The number of ether oxygens (including phenoxy) is 2. The van der Waals surface area contributed by atoms with Gasteiger partial charge in [-0.3, -0.25) is 15.6 Å². The van der Waals surface area contributed by atoms with Crippen molar-refractivity contribution < 1.29 is 33.3 Å². The molecule has 32 heteroatoms. The second-order valence-electron chi connectivity index (χ2n) is 29.8. The third-order valence-electron chi connectivity index (χ3n) is 21.6. The molecule has 3 atom stereocenters. The Kier molecular flexibility index (Phi) is 23.2. The number of nitrogens with one attached hydrogen (secondary N) is 4. The van der Waals surface area contributed by atoms with E-state index in [1.807, 2.05) is 135 Å². The van der Waals surface area contributed by atoms with Crippen molar-refractivity contribution in [1.82, 2.24) is 80.6 Å². The summed E-state index contributed by atoms with van der Waals surface area (Å²) in [6.45, 7) is 3.92. The van der Waals surface area contributed by atoms with Crippen molar-refractivity contribution >= 4 is 69.6 Å². The fraction of sp³-hybridized carbons (Fsp3) is 0.230. The van der Waals surface area contributed by atoms with Gasteiger partial charge in [-0.25, -0.2) is 19.6 Å². The number of rotatable bonds is 23. The summed E-state index contributed by atoms with van der Waals surface area (Å²) in [6.07, 6.45) is 29.5. The Balaban J connectivity index is 0.000000133. The van der Waals surface area contributed by atoms with Crippen LogP contribution in [0.4, 0.5) is 21.0 Å². The molecule has 0 spiro atoms. The number of aromatic amines is 2. The van der Waals surface area contributed by atoms with E-state index < -0.39 is 12.2 Å². The maximum Gasteiger partial charge on any atom is 0.411 e. The lowest BCUT2D eigenvalue weighted by molar-refractivity contribution is -0.614. The van der Waals surface area contributed by atoms with E-state index in [-0.39, 0.29) is 17.8 Å². The normalized spacial score (nSPS) is 14.3. The van der Waals surface area contributed by atoms with Gasteiger partial charge in [-0.2, -0.15) is 28.2 Å². The van der Waals surface area contributed by atoms with Crippen molar-refractivity contribution in [2.24, 2.45) is 22.7 Å². The average molecular weight is 1650 g/mol. The third kappa shape index (κ3) is 18.4. The predicted molar refractivity (Wildman–Crippen MR) is 448 cm³/mol. The van der Waals surface area contributed by atoms with E-state index in [0.717, 1.165) is 155 Å². The van der Waals surface area contributed by atoms with E-state index in [1.165, 1.54) is 55.4 Å². The van der Waals surface area contributed by atoms with Crippen molar-refractivity contribution in [2.45, 2.75) is 95.8 Å². The molecule has 18 rings (SSSR count). The topological polar surface area (TPSA) is 358 Å². The SMILES string of the molecule is C#Cc1cccc(C2=CN=C(C(CC3CC3)c3ccc(-c4cc(Cl)ccc4-n4cnnn4)c[n+]3[O-])C2)c1.COC(=O)Nc1ccc(-c2cnc(C(CC3CC3)c3ccc(-c4cc(Cl)ccc4-n4cnnn4)c[n+]3[O-])[nH]2)c(C)c1.COC(=O)Nc1ccc(-c2cnc(C(CC3CC3)c3ccc(-c4cc(Cl)ccc4-n4cnnn4)c[n+]3[O-])[nH]2)c(C)c1. The molecule has 9 heterocycles. The maximum atomic E-state index is 13.5. The molecule has 598 valence electrons. The largest absolute Gasteiger partial charge is 0.618 e. The molecule has 6 aromatic carbocycles. The van der Waals surface area contributed by atoms with Gasteiger partial charge < -0.3 is 35.1 Å². The first-order chi connectivity index (χ1) is 57.9. The van der Waals surface area contributed by atoms with E-state index in [2.05, 4.69) is 88.6 Å². The maximum absolute atomic E-state index is 13.5. The van der Waals surface area contributed by atoms with E-state index in [9.17, 15) is 25.2 Å². The number of imidazole rings is 2. The molecule has 0 radical (unpaired) electrons. The molecular weight excluding hydrogens is 1570 g/mol. The van der Waals surface area contributed by atoms with Crippen molar-refractivity contribution in [3.63, 3.8) is 0 Å². The Hall–Kier alpha value is -13.8. The van der Waals surface area contributed by atoms with Crippen LogP contribution in [0.3, 0.4) is 0 Å². The van der Waals surface area contributed by atoms with Crippen LogP contribution in [-0.4, -0.2) is 113 Å². The summed E-state index contributed by atoms with van der Waals surface area (Å²) in [5, 5.41) is 81.9. The van der Waals surface area contributed by atoms with Crippen molar-refractivity contribution in [1.29, 1.82) is 0 Å². The molecule has 2 amide bonds. The van der Waals surface area contributed by atoms with Gasteiger partial charge in [0.15, 0.2) is 18.6 Å². The molecule has 14 aromatic rings. The number of anilines is 2. The quantitative estimate of drug-likeness (QED) is 0.0262. The fourth-order valence-electron chi connectivity index (χ4n) is 15.0. The van der Waals surface area contributed by atoms with Gasteiger partial charge in [-0.1, -0.05) is 104 Å². The number of carbonyl (C=O) groups is 2. The minimum absolute atomic E-state index is 0.0537. The molecule has 8 aromatic heterocycles. The lowest BCUT2D eigenvalue weighted by Gasteiger charge is -2.18. The van der Waals surface area contributed by atoms with Crippen LogP contribution in [-0.2, 0) is 9.47 Å². The summed E-state index contributed by atoms with van der Waals surface area (Å²) in [6, 6.07) is 46.8. The smallest absolute Gasteiger partial charge is 0.411 e. The van der Waals surface area contributed by atoms with E-state index in [0.29, 0.717) is 90.2 Å².